The monoisotopic (exact) mass is 213 g/mol. The molecule has 0 aliphatic rings. The first-order chi connectivity index (χ1) is 5.70. The van der Waals surface area contributed by atoms with Crippen LogP contribution in [0.1, 0.15) is 33.1 Å². The Morgan fingerprint density at radius 2 is 2.17 bits per heavy atom. The molecule has 0 saturated heterocycles. The zero-order valence-electron chi connectivity index (χ0n) is 7.46. The first-order valence-electron chi connectivity index (χ1n) is 4.11. The van der Waals surface area contributed by atoms with Gasteiger partial charge in [0.1, 0.15) is 6.61 Å². The third-order valence-electron chi connectivity index (χ3n) is 1.22. The summed E-state index contributed by atoms with van der Waals surface area (Å²) < 4.78 is 20.4. The highest BCUT2D eigenvalue weighted by molar-refractivity contribution is 7.33. The number of rotatable bonds is 7. The maximum atomic E-state index is 10.8. The van der Waals surface area contributed by atoms with Crippen LogP contribution in [-0.4, -0.2) is 12.2 Å². The summed E-state index contributed by atoms with van der Waals surface area (Å²) in [5, 5.41) is 0. The average molecular weight is 214 g/mol. The van der Waals surface area contributed by atoms with Crippen LogP contribution < -0.4 is 0 Å². The molecule has 0 aromatic rings. The quantitative estimate of drug-likeness (QED) is 0.480. The molecule has 5 heteroatoms. The third kappa shape index (κ3) is 6.99. The van der Waals surface area contributed by atoms with Crippen molar-refractivity contribution in [2.75, 3.05) is 6.61 Å². The molecule has 12 heavy (non-hydrogen) atoms. The summed E-state index contributed by atoms with van der Waals surface area (Å²) in [6, 6.07) is 0. The van der Waals surface area contributed by atoms with Gasteiger partial charge in [-0.3, -0.25) is 0 Å². The molecule has 0 N–H and O–H groups in total. The lowest BCUT2D eigenvalue weighted by atomic mass is 10.3. The van der Waals surface area contributed by atoms with Gasteiger partial charge in [-0.1, -0.05) is 29.5 Å². The van der Waals surface area contributed by atoms with Gasteiger partial charge in [-0.25, -0.2) is 0 Å². The fraction of sp³-hybridized carbons (Fsp3) is 1.00. The van der Waals surface area contributed by atoms with Gasteiger partial charge in [0.2, 0.25) is 0 Å². The van der Waals surface area contributed by atoms with E-state index in [1.165, 1.54) is 0 Å². The Morgan fingerprint density at radius 1 is 1.50 bits per heavy atom. The van der Waals surface area contributed by atoms with E-state index in [0.29, 0.717) is 13.0 Å². The Labute approximate surface area is 79.3 Å². The molecule has 2 atom stereocenters. The number of unbranched alkanes of at least 4 members (excludes halogenated alkanes) is 1. The van der Waals surface area contributed by atoms with Crippen molar-refractivity contribution in [2.45, 2.75) is 38.7 Å². The minimum absolute atomic E-state index is 0.382. The average Bonchev–Trinajstić information content (AvgIpc) is 2.01. The second kappa shape index (κ2) is 7.93. The Kier molecular flexibility index (Phi) is 8.14. The molecule has 0 radical (unpaired) electrons. The summed E-state index contributed by atoms with van der Waals surface area (Å²) in [4.78, 5) is 0. The van der Waals surface area contributed by atoms with Crippen molar-refractivity contribution in [1.29, 1.82) is 0 Å². The van der Waals surface area contributed by atoms with Crippen LogP contribution in [0.2, 0.25) is 0 Å². The summed E-state index contributed by atoms with van der Waals surface area (Å²) in [7, 11) is -2.02. The van der Waals surface area contributed by atoms with Gasteiger partial charge in [0.05, 0.1) is 0 Å². The molecule has 3 nitrogen and oxygen atoms in total. The van der Waals surface area contributed by atoms with Crippen LogP contribution in [-0.2, 0) is 13.6 Å². The maximum Gasteiger partial charge on any atom is 0.698 e. The van der Waals surface area contributed by atoms with Crippen molar-refractivity contribution in [1.82, 2.24) is 0 Å². The lowest BCUT2D eigenvalue weighted by molar-refractivity contribution is 0.208. The lowest BCUT2D eigenvalue weighted by Crippen LogP contribution is -1.99. The largest absolute Gasteiger partial charge is 0.698 e. The van der Waals surface area contributed by atoms with Gasteiger partial charge in [-0.15, -0.1) is 4.52 Å². The predicted octanol–water partition coefficient (Wildman–Crippen LogP) is 3.45. The van der Waals surface area contributed by atoms with Crippen LogP contribution in [0, 0.1) is 0 Å². The zero-order chi connectivity index (χ0) is 9.40. The van der Waals surface area contributed by atoms with Crippen molar-refractivity contribution in [3.8, 4) is 0 Å². The molecule has 0 bridgehead atoms. The maximum absolute atomic E-state index is 10.8. The van der Waals surface area contributed by atoms with E-state index < -0.39 is 13.8 Å². The summed E-state index contributed by atoms with van der Waals surface area (Å²) in [6.45, 7) is 4.20. The van der Waals surface area contributed by atoms with Crippen molar-refractivity contribution >= 4 is 19.9 Å². The molecule has 72 valence electrons. The van der Waals surface area contributed by atoms with Crippen LogP contribution in [0.4, 0.5) is 0 Å². The fourth-order valence-electron chi connectivity index (χ4n) is 0.647. The number of hydrogen-bond donors (Lipinski definition) is 0. The van der Waals surface area contributed by atoms with Crippen LogP contribution in [0.15, 0.2) is 0 Å². The highest BCUT2D eigenvalue weighted by Gasteiger charge is 2.24. The molecule has 0 aromatic heterocycles. The second-order valence-corrected chi connectivity index (χ2v) is 3.70. The predicted molar refractivity (Wildman–Crippen MR) is 49.5 cm³/mol. The van der Waals surface area contributed by atoms with Crippen molar-refractivity contribution < 1.29 is 13.6 Å². The standard InChI is InChI=1S/C7H15ClO3P/c1-3-5-6-7(8)11-12(9)10-4-2/h7H,3-6H2,1-2H3/q+1. The van der Waals surface area contributed by atoms with Gasteiger partial charge < -0.3 is 0 Å². The van der Waals surface area contributed by atoms with Gasteiger partial charge in [-0.2, -0.15) is 0 Å². The lowest BCUT2D eigenvalue weighted by Gasteiger charge is -1.98. The molecular formula is C7H15ClO3P+. The zero-order valence-corrected chi connectivity index (χ0v) is 9.11. The molecule has 0 amide bonds. The van der Waals surface area contributed by atoms with E-state index in [-0.39, 0.29) is 0 Å². The Hall–Kier alpha value is 0.310. The van der Waals surface area contributed by atoms with Crippen LogP contribution in [0.5, 0.6) is 0 Å². The highest BCUT2D eigenvalue weighted by atomic mass is 35.5. The Bertz CT molecular complexity index is 132. The van der Waals surface area contributed by atoms with Crippen LogP contribution in [0.25, 0.3) is 0 Å². The number of alkyl halides is 1. The fourth-order valence-corrected chi connectivity index (χ4v) is 1.56. The van der Waals surface area contributed by atoms with Crippen molar-refractivity contribution in [2.24, 2.45) is 0 Å². The molecule has 0 aliphatic carbocycles. The van der Waals surface area contributed by atoms with E-state index >= 15 is 0 Å². The van der Waals surface area contributed by atoms with Gasteiger partial charge in [-0.05, 0) is 19.8 Å². The second-order valence-electron chi connectivity index (χ2n) is 2.30. The van der Waals surface area contributed by atoms with Gasteiger partial charge >= 0.3 is 8.25 Å². The summed E-state index contributed by atoms with van der Waals surface area (Å²) >= 11 is 5.70. The SMILES string of the molecule is CCCCC(Cl)O[P+](=O)OCC. The first kappa shape index (κ1) is 12.3. The van der Waals surface area contributed by atoms with Crippen molar-refractivity contribution in [3.05, 3.63) is 0 Å². The summed E-state index contributed by atoms with van der Waals surface area (Å²) in [5.41, 5.74) is -0.486. The van der Waals surface area contributed by atoms with Gasteiger partial charge in [0, 0.05) is 4.57 Å². The topological polar surface area (TPSA) is 35.5 Å². The van der Waals surface area contributed by atoms with Gasteiger partial charge in [0.25, 0.3) is 0 Å². The highest BCUT2D eigenvalue weighted by Crippen LogP contribution is 2.28. The molecule has 0 aliphatic heterocycles. The molecule has 0 heterocycles. The van der Waals surface area contributed by atoms with Crippen LogP contribution >= 0.6 is 19.9 Å². The van der Waals surface area contributed by atoms with E-state index in [0.717, 1.165) is 12.8 Å². The minimum atomic E-state index is -2.02. The Balaban J connectivity index is 3.40. The van der Waals surface area contributed by atoms with E-state index in [1.54, 1.807) is 6.92 Å². The van der Waals surface area contributed by atoms with Crippen molar-refractivity contribution in [3.63, 3.8) is 0 Å². The van der Waals surface area contributed by atoms with Crippen LogP contribution in [0.3, 0.4) is 0 Å². The molecule has 0 spiro atoms. The first-order valence-corrected chi connectivity index (χ1v) is 5.64. The minimum Gasteiger partial charge on any atom is -0.119 e. The van der Waals surface area contributed by atoms with Gasteiger partial charge in [0.15, 0.2) is 5.56 Å². The molecule has 0 saturated carbocycles. The molecule has 2 unspecified atom stereocenters. The molecule has 0 aromatic carbocycles. The van der Waals surface area contributed by atoms with E-state index in [2.05, 4.69) is 6.92 Å². The van der Waals surface area contributed by atoms with E-state index in [9.17, 15) is 4.57 Å². The normalized spacial score (nSPS) is 14.4. The molecule has 0 rings (SSSR count). The third-order valence-corrected chi connectivity index (χ3v) is 2.55. The number of hydrogen-bond acceptors (Lipinski definition) is 3. The number of halogens is 1. The summed E-state index contributed by atoms with van der Waals surface area (Å²) in [5.74, 6) is 0. The summed E-state index contributed by atoms with van der Waals surface area (Å²) in [6.07, 6.45) is 2.74. The smallest absolute Gasteiger partial charge is 0.119 e. The molecule has 0 fully saturated rings. The van der Waals surface area contributed by atoms with E-state index in [4.69, 9.17) is 20.6 Å². The van der Waals surface area contributed by atoms with E-state index in [1.807, 2.05) is 0 Å². The molecular weight excluding hydrogens is 199 g/mol. The Morgan fingerprint density at radius 3 is 2.67 bits per heavy atom.